The maximum atomic E-state index is 13.2. The lowest BCUT2D eigenvalue weighted by Gasteiger charge is -2.21. The molecule has 0 bridgehead atoms. The van der Waals surface area contributed by atoms with Gasteiger partial charge in [-0.3, -0.25) is 9.59 Å². The lowest BCUT2D eigenvalue weighted by molar-refractivity contribution is -0.117. The zero-order valence-corrected chi connectivity index (χ0v) is 21.3. The van der Waals surface area contributed by atoms with Crippen LogP contribution in [0.3, 0.4) is 0 Å². The van der Waals surface area contributed by atoms with Gasteiger partial charge in [0.1, 0.15) is 17.3 Å². The second-order valence-electron chi connectivity index (χ2n) is 8.60. The van der Waals surface area contributed by atoms with Crippen molar-refractivity contribution in [1.29, 1.82) is 0 Å². The van der Waals surface area contributed by atoms with E-state index in [2.05, 4.69) is 39.4 Å². The van der Waals surface area contributed by atoms with E-state index in [1.165, 1.54) is 6.08 Å². The van der Waals surface area contributed by atoms with Gasteiger partial charge in [-0.1, -0.05) is 31.5 Å². The number of hydrogen-bond acceptors (Lipinski definition) is 7. The van der Waals surface area contributed by atoms with Crippen LogP contribution in [0.2, 0.25) is 5.02 Å². The van der Waals surface area contributed by atoms with Crippen LogP contribution in [0, 0.1) is 0 Å². The molecule has 2 atom stereocenters. The fourth-order valence-electron chi connectivity index (χ4n) is 4.54. The molecule has 3 aromatic rings. The van der Waals surface area contributed by atoms with E-state index in [4.69, 9.17) is 21.1 Å². The van der Waals surface area contributed by atoms with E-state index in [1.54, 1.807) is 32.5 Å². The van der Waals surface area contributed by atoms with Gasteiger partial charge in [0.25, 0.3) is 5.56 Å². The molecule has 1 aromatic carbocycles. The van der Waals surface area contributed by atoms with Gasteiger partial charge in [-0.15, -0.1) is 0 Å². The number of aromatic nitrogens is 2. The van der Waals surface area contributed by atoms with Crippen LogP contribution >= 0.6 is 11.6 Å². The third-order valence-corrected chi connectivity index (χ3v) is 6.67. The van der Waals surface area contributed by atoms with Gasteiger partial charge in [0.05, 0.1) is 42.4 Å². The van der Waals surface area contributed by atoms with Gasteiger partial charge in [0.15, 0.2) is 0 Å². The molecule has 4 N–H and O–H groups in total. The van der Waals surface area contributed by atoms with Gasteiger partial charge in [0, 0.05) is 41.9 Å². The summed E-state index contributed by atoms with van der Waals surface area (Å²) in [6, 6.07) is 5.12. The van der Waals surface area contributed by atoms with Crippen LogP contribution in [0.25, 0.3) is 22.0 Å². The highest BCUT2D eigenvalue weighted by Crippen LogP contribution is 2.43. The Balaban J connectivity index is 1.72. The first-order chi connectivity index (χ1) is 17.4. The number of fused-ring (bicyclic) bond motifs is 1. The van der Waals surface area contributed by atoms with E-state index >= 15 is 0 Å². The first-order valence-electron chi connectivity index (χ1n) is 11.8. The second kappa shape index (κ2) is 11.0. The van der Waals surface area contributed by atoms with Crippen molar-refractivity contribution < 1.29 is 14.3 Å². The normalized spacial score (nSPS) is 17.1. The Morgan fingerprint density at radius 2 is 1.97 bits per heavy atom. The molecular formula is C26H30ClN5O4. The van der Waals surface area contributed by atoms with Crippen molar-refractivity contribution in [3.8, 4) is 22.8 Å². The summed E-state index contributed by atoms with van der Waals surface area (Å²) in [5, 5.41) is 11.0. The average Bonchev–Trinajstić information content (AvgIpc) is 3.30. The number of methoxy groups -OCH3 is 2. The Labute approximate surface area is 214 Å². The summed E-state index contributed by atoms with van der Waals surface area (Å²) in [7, 11) is 3.14. The van der Waals surface area contributed by atoms with Gasteiger partial charge >= 0.3 is 0 Å². The number of ether oxygens (including phenoxy) is 2. The summed E-state index contributed by atoms with van der Waals surface area (Å²) in [6.45, 7) is 6.84. The predicted molar refractivity (Wildman–Crippen MR) is 142 cm³/mol. The van der Waals surface area contributed by atoms with Gasteiger partial charge in [-0.05, 0) is 24.6 Å². The largest absolute Gasteiger partial charge is 0.496 e. The zero-order valence-electron chi connectivity index (χ0n) is 20.5. The number of nitrogens with zero attached hydrogens (tertiary/aromatic N) is 1. The minimum Gasteiger partial charge on any atom is -0.496 e. The smallest absolute Gasteiger partial charge is 0.256 e. The molecule has 1 saturated heterocycles. The maximum absolute atomic E-state index is 13.2. The topological polar surface area (TPSA) is 117 Å². The number of amides is 1. The van der Waals surface area contributed by atoms with Gasteiger partial charge < -0.3 is 30.4 Å². The van der Waals surface area contributed by atoms with Crippen molar-refractivity contribution in [3.63, 3.8) is 0 Å². The first-order valence-corrected chi connectivity index (χ1v) is 12.1. The Kier molecular flexibility index (Phi) is 7.81. The highest BCUT2D eigenvalue weighted by Gasteiger charge is 2.28. The first kappa shape index (κ1) is 25.5. The molecule has 190 valence electrons. The van der Waals surface area contributed by atoms with Crippen LogP contribution in [0.5, 0.6) is 11.5 Å². The van der Waals surface area contributed by atoms with Crippen LogP contribution < -0.4 is 31.0 Å². The standard InChI is InChI=1S/C26H30ClN5O4/c1-5-7-15-20(35-3)10-21(36-4)25(27)24(15)17-8-14-11-29-22(9-16(14)26(34)32-17)30-18-12-28-13-19(18)31-23(33)6-2/h6,8-11,18-19,28H,2,5,7,12-13H2,1,3-4H3,(H,29,30)(H,31,33)(H,32,34)/t18-,19+/m1/s1. The quantitative estimate of drug-likeness (QED) is 0.326. The molecule has 0 aliphatic carbocycles. The van der Waals surface area contributed by atoms with Crippen molar-refractivity contribution >= 4 is 34.1 Å². The summed E-state index contributed by atoms with van der Waals surface area (Å²) in [6.07, 6.45) is 4.48. The Morgan fingerprint density at radius 3 is 2.67 bits per heavy atom. The number of halogens is 1. The van der Waals surface area contributed by atoms with Gasteiger partial charge in [-0.25, -0.2) is 4.98 Å². The zero-order chi connectivity index (χ0) is 25.8. The lowest BCUT2D eigenvalue weighted by Crippen LogP contribution is -2.45. The Morgan fingerprint density at radius 1 is 1.22 bits per heavy atom. The number of hydrogen-bond donors (Lipinski definition) is 4. The Bertz CT molecular complexity index is 1360. The minimum absolute atomic E-state index is 0.0862. The van der Waals surface area contributed by atoms with Crippen molar-refractivity contribution in [2.75, 3.05) is 32.6 Å². The number of rotatable bonds is 9. The summed E-state index contributed by atoms with van der Waals surface area (Å²) >= 11 is 6.73. The van der Waals surface area contributed by atoms with E-state index in [0.717, 1.165) is 12.0 Å². The third kappa shape index (κ3) is 5.03. The molecule has 0 radical (unpaired) electrons. The van der Waals surface area contributed by atoms with Crippen LogP contribution in [0.4, 0.5) is 5.82 Å². The number of benzene rings is 1. The number of anilines is 1. The summed E-state index contributed by atoms with van der Waals surface area (Å²) in [4.78, 5) is 32.4. The molecule has 2 aromatic heterocycles. The molecule has 0 unspecified atom stereocenters. The van der Waals surface area contributed by atoms with Crippen molar-refractivity contribution in [2.45, 2.75) is 31.8 Å². The third-order valence-electron chi connectivity index (χ3n) is 6.29. The molecule has 36 heavy (non-hydrogen) atoms. The maximum Gasteiger partial charge on any atom is 0.256 e. The highest BCUT2D eigenvalue weighted by molar-refractivity contribution is 6.35. The van der Waals surface area contributed by atoms with Gasteiger partial charge in [-0.2, -0.15) is 0 Å². The number of carbonyl (C=O) groups is 1. The number of pyridine rings is 2. The minimum atomic E-state index is -0.269. The molecule has 4 rings (SSSR count). The summed E-state index contributed by atoms with van der Waals surface area (Å²) < 4.78 is 11.1. The molecule has 1 aliphatic rings. The predicted octanol–water partition coefficient (Wildman–Crippen LogP) is 3.27. The molecule has 1 amide bonds. The van der Waals surface area contributed by atoms with E-state index < -0.39 is 0 Å². The monoisotopic (exact) mass is 511 g/mol. The van der Waals surface area contributed by atoms with Crippen molar-refractivity contribution in [3.05, 3.63) is 58.0 Å². The average molecular weight is 512 g/mol. The van der Waals surface area contributed by atoms with Crippen LogP contribution in [0.1, 0.15) is 18.9 Å². The Hall–Kier alpha value is -3.56. The van der Waals surface area contributed by atoms with Crippen molar-refractivity contribution in [2.24, 2.45) is 0 Å². The van der Waals surface area contributed by atoms with E-state index in [0.29, 0.717) is 63.9 Å². The molecule has 9 nitrogen and oxygen atoms in total. The lowest BCUT2D eigenvalue weighted by atomic mass is 9.97. The molecule has 1 fully saturated rings. The van der Waals surface area contributed by atoms with Crippen LogP contribution in [-0.2, 0) is 11.2 Å². The number of carbonyl (C=O) groups excluding carboxylic acids is 1. The van der Waals surface area contributed by atoms with E-state index in [1.807, 2.05) is 6.07 Å². The molecular weight excluding hydrogens is 482 g/mol. The molecule has 10 heteroatoms. The number of H-pyrrole nitrogens is 1. The second-order valence-corrected chi connectivity index (χ2v) is 8.97. The number of nitrogens with one attached hydrogen (secondary N) is 4. The molecule has 3 heterocycles. The number of aromatic amines is 1. The van der Waals surface area contributed by atoms with Gasteiger partial charge in [0.2, 0.25) is 5.91 Å². The van der Waals surface area contributed by atoms with Crippen LogP contribution in [-0.4, -0.2) is 55.3 Å². The SMILES string of the molecule is C=CC(=O)N[C@H]1CNC[C@H]1Nc1cc2c(=O)[nH]c(-c3c(Cl)c(OC)cc(OC)c3CCC)cc2cn1. The summed E-state index contributed by atoms with van der Waals surface area (Å²) in [5.41, 5.74) is 1.87. The fraction of sp³-hybridized carbons (Fsp3) is 0.346. The van der Waals surface area contributed by atoms with Crippen molar-refractivity contribution in [1.82, 2.24) is 20.6 Å². The van der Waals surface area contributed by atoms with E-state index in [9.17, 15) is 9.59 Å². The van der Waals surface area contributed by atoms with E-state index in [-0.39, 0.29) is 23.6 Å². The molecule has 0 saturated carbocycles. The highest BCUT2D eigenvalue weighted by atomic mass is 35.5. The summed E-state index contributed by atoms with van der Waals surface area (Å²) in [5.74, 6) is 1.42. The molecule has 1 aliphatic heterocycles. The molecule has 0 spiro atoms. The fourth-order valence-corrected chi connectivity index (χ4v) is 4.89. The van der Waals surface area contributed by atoms with Crippen LogP contribution in [0.15, 0.2) is 41.8 Å².